The summed E-state index contributed by atoms with van der Waals surface area (Å²) < 4.78 is 0. The van der Waals surface area contributed by atoms with Gasteiger partial charge in [-0.2, -0.15) is 12.6 Å². The van der Waals surface area contributed by atoms with Crippen LogP contribution in [0.25, 0.3) is 0 Å². The van der Waals surface area contributed by atoms with Gasteiger partial charge in [0.05, 0.1) is 11.4 Å². The Bertz CT molecular complexity index is 424. The molecule has 20 heavy (non-hydrogen) atoms. The van der Waals surface area contributed by atoms with E-state index in [4.69, 9.17) is 0 Å². The number of hydrogen-bond donors (Lipinski definition) is 3. The number of hydrogen-bond acceptors (Lipinski definition) is 3. The molecule has 3 nitrogen and oxygen atoms in total. The van der Waals surface area contributed by atoms with Gasteiger partial charge in [-0.1, -0.05) is 36.8 Å². The van der Waals surface area contributed by atoms with Crippen molar-refractivity contribution in [3.8, 4) is 0 Å². The van der Waals surface area contributed by atoms with Crippen LogP contribution in [0, 0.1) is 5.92 Å². The van der Waals surface area contributed by atoms with Crippen molar-refractivity contribution in [1.82, 2.24) is 5.32 Å². The van der Waals surface area contributed by atoms with Crippen molar-refractivity contribution in [2.24, 2.45) is 5.92 Å². The van der Waals surface area contributed by atoms with Gasteiger partial charge in [0.1, 0.15) is 0 Å². The van der Waals surface area contributed by atoms with E-state index in [9.17, 15) is 9.90 Å². The van der Waals surface area contributed by atoms with E-state index in [2.05, 4.69) is 17.9 Å². The van der Waals surface area contributed by atoms with E-state index >= 15 is 0 Å². The number of carbonyl (C=O) groups excluding carboxylic acids is 1. The molecule has 0 aliphatic heterocycles. The second kappa shape index (κ2) is 7.70. The minimum absolute atomic E-state index is 0.0164. The first-order chi connectivity index (χ1) is 9.65. The highest BCUT2D eigenvalue weighted by Gasteiger charge is 2.21. The summed E-state index contributed by atoms with van der Waals surface area (Å²) in [6.45, 7) is 0.655. The molecule has 1 aromatic rings. The lowest BCUT2D eigenvalue weighted by molar-refractivity contribution is -0.120. The Labute approximate surface area is 126 Å². The van der Waals surface area contributed by atoms with E-state index in [1.165, 1.54) is 0 Å². The van der Waals surface area contributed by atoms with Gasteiger partial charge in [-0.3, -0.25) is 4.79 Å². The summed E-state index contributed by atoms with van der Waals surface area (Å²) in [5.41, 5.74) is 1.12. The molecule has 0 bridgehead atoms. The maximum absolute atomic E-state index is 12.0. The maximum atomic E-state index is 12.0. The van der Waals surface area contributed by atoms with E-state index in [0.717, 1.165) is 31.2 Å². The molecule has 1 saturated carbocycles. The molecule has 0 spiro atoms. The van der Waals surface area contributed by atoms with Gasteiger partial charge in [0.25, 0.3) is 0 Å². The van der Waals surface area contributed by atoms with Crippen molar-refractivity contribution in [2.75, 3.05) is 6.54 Å². The minimum Gasteiger partial charge on any atom is -0.393 e. The first-order valence-electron chi connectivity index (χ1n) is 7.33. The molecular formula is C16H23NO2S. The zero-order valence-corrected chi connectivity index (χ0v) is 12.6. The van der Waals surface area contributed by atoms with Crippen LogP contribution < -0.4 is 5.32 Å². The molecule has 2 rings (SSSR count). The third-order valence-corrected chi connectivity index (χ3v) is 4.31. The highest BCUT2D eigenvalue weighted by Crippen LogP contribution is 2.23. The smallest absolute Gasteiger partial charge is 0.233 e. The lowest BCUT2D eigenvalue weighted by Crippen LogP contribution is -2.37. The fourth-order valence-electron chi connectivity index (χ4n) is 2.74. The first kappa shape index (κ1) is 15.4. The van der Waals surface area contributed by atoms with Crippen molar-refractivity contribution in [3.63, 3.8) is 0 Å². The lowest BCUT2D eigenvalue weighted by atomic mass is 9.87. The molecule has 110 valence electrons. The molecule has 3 unspecified atom stereocenters. The van der Waals surface area contributed by atoms with E-state index < -0.39 is 0 Å². The van der Waals surface area contributed by atoms with E-state index in [1.807, 2.05) is 30.3 Å². The highest BCUT2D eigenvalue weighted by atomic mass is 32.1. The van der Waals surface area contributed by atoms with Gasteiger partial charge in [0.15, 0.2) is 0 Å². The maximum Gasteiger partial charge on any atom is 0.233 e. The number of aliphatic hydroxyl groups excluding tert-OH is 1. The zero-order chi connectivity index (χ0) is 14.4. The van der Waals surface area contributed by atoms with Crippen molar-refractivity contribution >= 4 is 18.5 Å². The SMILES string of the molecule is O=C(NCC1CCCC(O)C1)C(S)Cc1ccccc1. The predicted molar refractivity (Wildman–Crippen MR) is 83.9 cm³/mol. The first-order valence-corrected chi connectivity index (χ1v) is 7.84. The van der Waals surface area contributed by atoms with Gasteiger partial charge in [-0.05, 0) is 37.2 Å². The Balaban J connectivity index is 1.74. The molecule has 1 amide bonds. The molecule has 4 heteroatoms. The molecule has 3 atom stereocenters. The third kappa shape index (κ3) is 4.84. The molecule has 1 fully saturated rings. The third-order valence-electron chi connectivity index (χ3n) is 3.89. The molecule has 0 saturated heterocycles. The number of thiol groups is 1. The van der Waals surface area contributed by atoms with Crippen LogP contribution >= 0.6 is 12.6 Å². The van der Waals surface area contributed by atoms with Crippen LogP contribution in [0.5, 0.6) is 0 Å². The van der Waals surface area contributed by atoms with Crippen molar-refractivity contribution in [1.29, 1.82) is 0 Å². The lowest BCUT2D eigenvalue weighted by Gasteiger charge is -2.26. The van der Waals surface area contributed by atoms with Gasteiger partial charge < -0.3 is 10.4 Å². The second-order valence-electron chi connectivity index (χ2n) is 5.64. The number of rotatable bonds is 5. The van der Waals surface area contributed by atoms with E-state index in [0.29, 0.717) is 18.9 Å². The Morgan fingerprint density at radius 2 is 2.10 bits per heavy atom. The standard InChI is InChI=1S/C16H23NO2S/c18-14-8-4-7-13(9-14)11-17-16(19)15(20)10-12-5-2-1-3-6-12/h1-3,5-6,13-15,18,20H,4,7-11H2,(H,17,19). The van der Waals surface area contributed by atoms with Crippen LogP contribution in [0.1, 0.15) is 31.2 Å². The summed E-state index contributed by atoms with van der Waals surface area (Å²) in [6, 6.07) is 9.92. The Morgan fingerprint density at radius 3 is 2.80 bits per heavy atom. The number of carbonyl (C=O) groups is 1. The molecule has 0 heterocycles. The Morgan fingerprint density at radius 1 is 1.35 bits per heavy atom. The van der Waals surface area contributed by atoms with Crippen LogP contribution in [0.15, 0.2) is 30.3 Å². The summed E-state index contributed by atoms with van der Waals surface area (Å²) in [4.78, 5) is 12.0. The zero-order valence-electron chi connectivity index (χ0n) is 11.7. The molecule has 0 radical (unpaired) electrons. The summed E-state index contributed by atoms with van der Waals surface area (Å²) in [6.07, 6.45) is 4.29. The number of aliphatic hydroxyl groups is 1. The van der Waals surface area contributed by atoms with Gasteiger partial charge in [0.2, 0.25) is 5.91 Å². The topological polar surface area (TPSA) is 49.3 Å². The van der Waals surface area contributed by atoms with Gasteiger partial charge >= 0.3 is 0 Å². The number of amides is 1. The fourth-order valence-corrected chi connectivity index (χ4v) is 3.04. The van der Waals surface area contributed by atoms with Gasteiger partial charge in [-0.15, -0.1) is 0 Å². The van der Waals surface area contributed by atoms with Crippen molar-refractivity contribution < 1.29 is 9.90 Å². The van der Waals surface area contributed by atoms with Crippen molar-refractivity contribution in [3.05, 3.63) is 35.9 Å². The molecule has 0 aromatic heterocycles. The summed E-state index contributed by atoms with van der Waals surface area (Å²) in [5, 5.41) is 12.3. The summed E-state index contributed by atoms with van der Waals surface area (Å²) in [5.74, 6) is 0.386. The quantitative estimate of drug-likeness (QED) is 0.729. The number of nitrogens with one attached hydrogen (secondary N) is 1. The fraction of sp³-hybridized carbons (Fsp3) is 0.562. The monoisotopic (exact) mass is 293 g/mol. The largest absolute Gasteiger partial charge is 0.393 e. The van der Waals surface area contributed by atoms with Gasteiger partial charge in [-0.25, -0.2) is 0 Å². The summed E-state index contributed by atoms with van der Waals surface area (Å²) in [7, 11) is 0. The predicted octanol–water partition coefficient (Wildman–Crippen LogP) is 2.19. The van der Waals surface area contributed by atoms with Crippen molar-refractivity contribution in [2.45, 2.75) is 43.5 Å². The van der Waals surface area contributed by atoms with Crippen LogP contribution in [0.4, 0.5) is 0 Å². The Hall–Kier alpha value is -1.00. The number of benzene rings is 1. The van der Waals surface area contributed by atoms with E-state index in [-0.39, 0.29) is 17.3 Å². The molecular weight excluding hydrogens is 270 g/mol. The second-order valence-corrected chi connectivity index (χ2v) is 6.26. The molecule has 1 aliphatic rings. The van der Waals surface area contributed by atoms with Crippen LogP contribution in [0.3, 0.4) is 0 Å². The van der Waals surface area contributed by atoms with E-state index in [1.54, 1.807) is 0 Å². The molecule has 1 aliphatic carbocycles. The molecule has 1 aromatic carbocycles. The Kier molecular flexibility index (Phi) is 5.92. The highest BCUT2D eigenvalue weighted by molar-refractivity contribution is 7.81. The van der Waals surface area contributed by atoms with Crippen LogP contribution in [-0.4, -0.2) is 28.9 Å². The minimum atomic E-state index is -0.314. The molecule has 2 N–H and O–H groups in total. The average molecular weight is 293 g/mol. The van der Waals surface area contributed by atoms with Crippen LogP contribution in [-0.2, 0) is 11.2 Å². The normalized spacial score (nSPS) is 24.1. The summed E-state index contributed by atoms with van der Waals surface area (Å²) >= 11 is 4.39. The van der Waals surface area contributed by atoms with Gasteiger partial charge in [0, 0.05) is 6.54 Å². The average Bonchev–Trinajstić information content (AvgIpc) is 2.46. The van der Waals surface area contributed by atoms with Crippen LogP contribution in [0.2, 0.25) is 0 Å².